The van der Waals surface area contributed by atoms with Gasteiger partial charge in [-0.25, -0.2) is 0 Å². The molecule has 0 bridgehead atoms. The van der Waals surface area contributed by atoms with Crippen molar-refractivity contribution in [3.05, 3.63) is 0 Å². The molecular formula is C13H26N2O2. The number of piperidine rings is 1. The number of ether oxygens (including phenoxy) is 1. The zero-order valence-electron chi connectivity index (χ0n) is 11.6. The van der Waals surface area contributed by atoms with Gasteiger partial charge in [0.25, 0.3) is 0 Å². The van der Waals surface area contributed by atoms with Crippen molar-refractivity contribution in [2.24, 2.45) is 0 Å². The van der Waals surface area contributed by atoms with Crippen molar-refractivity contribution in [3.8, 4) is 0 Å². The topological polar surface area (TPSA) is 41.6 Å². The van der Waals surface area contributed by atoms with Crippen molar-refractivity contribution in [1.82, 2.24) is 10.2 Å². The minimum atomic E-state index is -0.371. The standard InChI is InChI=1S/C13H26N2O2/c1-13(2,3)17-12(16)7-10-15(4)11-5-8-14-9-6-11/h11,14H,5-10H2,1-4H3. The highest BCUT2D eigenvalue weighted by Gasteiger charge is 2.20. The highest BCUT2D eigenvalue weighted by molar-refractivity contribution is 5.70. The van der Waals surface area contributed by atoms with Gasteiger partial charge in [0.1, 0.15) is 5.60 Å². The van der Waals surface area contributed by atoms with Crippen molar-refractivity contribution in [3.63, 3.8) is 0 Å². The van der Waals surface area contributed by atoms with Crippen LogP contribution in [0.25, 0.3) is 0 Å². The van der Waals surface area contributed by atoms with E-state index in [1.165, 1.54) is 12.8 Å². The van der Waals surface area contributed by atoms with Crippen molar-refractivity contribution < 1.29 is 9.53 Å². The highest BCUT2D eigenvalue weighted by Crippen LogP contribution is 2.12. The fourth-order valence-corrected chi connectivity index (χ4v) is 2.09. The molecule has 1 rings (SSSR count). The van der Waals surface area contributed by atoms with Gasteiger partial charge >= 0.3 is 5.97 Å². The first-order valence-corrected chi connectivity index (χ1v) is 6.51. The van der Waals surface area contributed by atoms with Crippen molar-refractivity contribution in [1.29, 1.82) is 0 Å². The van der Waals surface area contributed by atoms with Gasteiger partial charge in [0.15, 0.2) is 0 Å². The third-order valence-electron chi connectivity index (χ3n) is 3.02. The molecule has 0 radical (unpaired) electrons. The lowest BCUT2D eigenvalue weighted by Gasteiger charge is -2.31. The first-order valence-electron chi connectivity index (χ1n) is 6.51. The number of nitrogens with one attached hydrogen (secondary N) is 1. The van der Waals surface area contributed by atoms with E-state index in [0.29, 0.717) is 12.5 Å². The van der Waals surface area contributed by atoms with Crippen LogP contribution in [0.5, 0.6) is 0 Å². The second-order valence-electron chi connectivity index (χ2n) is 5.80. The molecule has 1 aliphatic rings. The molecule has 0 aliphatic carbocycles. The third-order valence-corrected chi connectivity index (χ3v) is 3.02. The van der Waals surface area contributed by atoms with Gasteiger partial charge in [-0.1, -0.05) is 0 Å². The van der Waals surface area contributed by atoms with Crippen LogP contribution in [0.4, 0.5) is 0 Å². The van der Waals surface area contributed by atoms with E-state index in [2.05, 4.69) is 17.3 Å². The zero-order valence-corrected chi connectivity index (χ0v) is 11.6. The predicted molar refractivity (Wildman–Crippen MR) is 69.0 cm³/mol. The molecule has 1 N–H and O–H groups in total. The Morgan fingerprint density at radius 1 is 1.35 bits per heavy atom. The normalized spacial score (nSPS) is 18.4. The Hall–Kier alpha value is -0.610. The lowest BCUT2D eigenvalue weighted by Crippen LogP contribution is -2.42. The van der Waals surface area contributed by atoms with E-state index in [-0.39, 0.29) is 11.6 Å². The molecule has 100 valence electrons. The summed E-state index contributed by atoms with van der Waals surface area (Å²) in [6, 6.07) is 0.610. The molecule has 1 saturated heterocycles. The zero-order chi connectivity index (χ0) is 12.9. The molecule has 0 amide bonds. The van der Waals surface area contributed by atoms with Crippen LogP contribution < -0.4 is 5.32 Å². The van der Waals surface area contributed by atoms with Crippen molar-refractivity contribution in [2.45, 2.75) is 51.7 Å². The Morgan fingerprint density at radius 3 is 2.47 bits per heavy atom. The lowest BCUT2D eigenvalue weighted by molar-refractivity contribution is -0.155. The molecule has 0 aromatic heterocycles. The molecule has 0 unspecified atom stereocenters. The van der Waals surface area contributed by atoms with Crippen LogP contribution in [0.2, 0.25) is 0 Å². The SMILES string of the molecule is CN(CCC(=O)OC(C)(C)C)C1CCNCC1. The summed E-state index contributed by atoms with van der Waals surface area (Å²) in [5.74, 6) is -0.0988. The average Bonchev–Trinajstić information content (AvgIpc) is 2.25. The molecule has 4 heteroatoms. The molecule has 0 saturated carbocycles. The van der Waals surface area contributed by atoms with Crippen molar-refractivity contribution in [2.75, 3.05) is 26.7 Å². The summed E-state index contributed by atoms with van der Waals surface area (Å²) >= 11 is 0. The predicted octanol–water partition coefficient (Wildman–Crippen LogP) is 1.40. The lowest BCUT2D eigenvalue weighted by atomic mass is 10.1. The van der Waals surface area contributed by atoms with E-state index in [9.17, 15) is 4.79 Å². The first kappa shape index (κ1) is 14.5. The van der Waals surface area contributed by atoms with Gasteiger partial charge in [-0.05, 0) is 53.8 Å². The molecule has 0 aromatic rings. The number of hydrogen-bond donors (Lipinski definition) is 1. The minimum absolute atomic E-state index is 0.0988. The second-order valence-corrected chi connectivity index (χ2v) is 5.80. The molecule has 1 heterocycles. The molecule has 0 aromatic carbocycles. The number of carbonyl (C=O) groups excluding carboxylic acids is 1. The smallest absolute Gasteiger partial charge is 0.307 e. The fourth-order valence-electron chi connectivity index (χ4n) is 2.09. The first-order chi connectivity index (χ1) is 7.88. The largest absolute Gasteiger partial charge is 0.460 e. The molecule has 4 nitrogen and oxygen atoms in total. The number of carbonyl (C=O) groups is 1. The minimum Gasteiger partial charge on any atom is -0.460 e. The van der Waals surface area contributed by atoms with Crippen LogP contribution in [-0.4, -0.2) is 49.2 Å². The average molecular weight is 242 g/mol. The molecule has 1 aliphatic heterocycles. The molecule has 17 heavy (non-hydrogen) atoms. The van der Waals surface area contributed by atoms with Crippen LogP contribution in [0, 0.1) is 0 Å². The number of hydrogen-bond acceptors (Lipinski definition) is 4. The summed E-state index contributed by atoms with van der Waals surface area (Å²) in [5, 5.41) is 3.35. The number of rotatable bonds is 4. The quantitative estimate of drug-likeness (QED) is 0.757. The Labute approximate surface area is 105 Å². The summed E-state index contributed by atoms with van der Waals surface area (Å²) in [6.07, 6.45) is 2.83. The van der Waals surface area contributed by atoms with Gasteiger partial charge in [-0.3, -0.25) is 4.79 Å². The van der Waals surface area contributed by atoms with Gasteiger partial charge in [-0.2, -0.15) is 0 Å². The summed E-state index contributed by atoms with van der Waals surface area (Å²) in [5.41, 5.74) is -0.371. The molecular weight excluding hydrogens is 216 g/mol. The van der Waals surface area contributed by atoms with Gasteiger partial charge in [0, 0.05) is 12.6 Å². The van der Waals surface area contributed by atoms with Gasteiger partial charge in [0.2, 0.25) is 0 Å². The highest BCUT2D eigenvalue weighted by atomic mass is 16.6. The number of esters is 1. The summed E-state index contributed by atoms with van der Waals surface area (Å²) in [4.78, 5) is 13.9. The van der Waals surface area contributed by atoms with Crippen LogP contribution in [0.1, 0.15) is 40.0 Å². The fraction of sp³-hybridized carbons (Fsp3) is 0.923. The van der Waals surface area contributed by atoms with Crippen LogP contribution in [-0.2, 0) is 9.53 Å². The van der Waals surface area contributed by atoms with Crippen LogP contribution >= 0.6 is 0 Å². The Balaban J connectivity index is 2.22. The van der Waals surface area contributed by atoms with E-state index in [1.54, 1.807) is 0 Å². The van der Waals surface area contributed by atoms with E-state index >= 15 is 0 Å². The summed E-state index contributed by atoms with van der Waals surface area (Å²) in [6.45, 7) is 8.67. The maximum absolute atomic E-state index is 11.6. The third kappa shape index (κ3) is 6.03. The van der Waals surface area contributed by atoms with E-state index < -0.39 is 0 Å². The summed E-state index contributed by atoms with van der Waals surface area (Å²) in [7, 11) is 2.10. The van der Waals surface area contributed by atoms with Gasteiger partial charge in [-0.15, -0.1) is 0 Å². The summed E-state index contributed by atoms with van der Waals surface area (Å²) < 4.78 is 5.30. The van der Waals surface area contributed by atoms with E-state index in [0.717, 1.165) is 19.6 Å². The maximum Gasteiger partial charge on any atom is 0.307 e. The van der Waals surface area contributed by atoms with Crippen LogP contribution in [0.3, 0.4) is 0 Å². The second kappa shape index (κ2) is 6.36. The Kier molecular flexibility index (Phi) is 5.40. The number of nitrogens with zero attached hydrogens (tertiary/aromatic N) is 1. The monoisotopic (exact) mass is 242 g/mol. The van der Waals surface area contributed by atoms with Gasteiger partial charge in [0.05, 0.1) is 6.42 Å². The van der Waals surface area contributed by atoms with Gasteiger partial charge < -0.3 is 15.0 Å². The van der Waals surface area contributed by atoms with E-state index in [4.69, 9.17) is 4.74 Å². The molecule has 0 atom stereocenters. The maximum atomic E-state index is 11.6. The van der Waals surface area contributed by atoms with Crippen LogP contribution in [0.15, 0.2) is 0 Å². The Morgan fingerprint density at radius 2 is 1.94 bits per heavy atom. The molecule has 0 spiro atoms. The van der Waals surface area contributed by atoms with E-state index in [1.807, 2.05) is 20.8 Å². The Bertz CT molecular complexity index is 242. The van der Waals surface area contributed by atoms with Crippen molar-refractivity contribution >= 4 is 5.97 Å². The molecule has 1 fully saturated rings.